The zero-order valence-electron chi connectivity index (χ0n) is 20.6. The Bertz CT molecular complexity index is 1030. The first kappa shape index (κ1) is 31.5. The fourth-order valence-electron chi connectivity index (χ4n) is 3.29. The number of carboxylic acid groups (broad SMARTS) is 1. The Morgan fingerprint density at radius 3 is 1.66 bits per heavy atom. The van der Waals surface area contributed by atoms with E-state index < -0.39 is 72.0 Å². The molecule has 0 saturated carbocycles. The number of rotatable bonds is 17. The zero-order chi connectivity index (χ0) is 28.8. The maximum atomic E-state index is 13.0. The van der Waals surface area contributed by atoms with E-state index in [2.05, 4.69) is 16.0 Å². The van der Waals surface area contributed by atoms with Crippen LogP contribution in [0.3, 0.4) is 0 Å². The third-order valence-electron chi connectivity index (χ3n) is 5.28. The minimum atomic E-state index is -1.64. The number of amides is 6. The monoisotopic (exact) mass is 535 g/mol. The number of hydrogen-bond donors (Lipinski definition) is 8. The molecule has 4 unspecified atom stereocenters. The third-order valence-corrected chi connectivity index (χ3v) is 5.28. The van der Waals surface area contributed by atoms with Crippen LogP contribution in [0.5, 0.6) is 0 Å². The van der Waals surface area contributed by atoms with Gasteiger partial charge in [0.05, 0.1) is 12.5 Å². The highest BCUT2D eigenvalue weighted by atomic mass is 16.4. The second kappa shape index (κ2) is 15.6. The van der Waals surface area contributed by atoms with Gasteiger partial charge in [0.15, 0.2) is 0 Å². The number of benzene rings is 1. The van der Waals surface area contributed by atoms with Crippen molar-refractivity contribution in [2.75, 3.05) is 0 Å². The molecule has 0 fully saturated rings. The Hall–Kier alpha value is -4.53. The van der Waals surface area contributed by atoms with Gasteiger partial charge in [-0.3, -0.25) is 28.8 Å². The van der Waals surface area contributed by atoms with Gasteiger partial charge in [0.2, 0.25) is 35.4 Å². The summed E-state index contributed by atoms with van der Waals surface area (Å²) in [6.07, 6.45) is -1.84. The van der Waals surface area contributed by atoms with Gasteiger partial charge in [0, 0.05) is 12.8 Å². The first-order valence-corrected chi connectivity index (χ1v) is 11.6. The molecular weight excluding hydrogens is 502 g/mol. The average Bonchev–Trinajstić information content (AvgIpc) is 2.83. The molecule has 15 nitrogen and oxygen atoms in total. The van der Waals surface area contributed by atoms with Crippen LogP contribution in [0.4, 0.5) is 0 Å². The highest BCUT2D eigenvalue weighted by Gasteiger charge is 2.31. The Morgan fingerprint density at radius 2 is 1.16 bits per heavy atom. The Kier molecular flexibility index (Phi) is 12.9. The van der Waals surface area contributed by atoms with Crippen LogP contribution >= 0.6 is 0 Å². The molecule has 0 bridgehead atoms. The van der Waals surface area contributed by atoms with E-state index in [1.165, 1.54) is 0 Å². The van der Waals surface area contributed by atoms with Gasteiger partial charge in [0.25, 0.3) is 0 Å². The van der Waals surface area contributed by atoms with Crippen molar-refractivity contribution in [2.24, 2.45) is 22.9 Å². The van der Waals surface area contributed by atoms with Crippen molar-refractivity contribution < 1.29 is 38.7 Å². The van der Waals surface area contributed by atoms with Crippen LogP contribution in [0.25, 0.3) is 0 Å². The van der Waals surface area contributed by atoms with E-state index in [0.717, 1.165) is 5.56 Å². The molecule has 4 atom stereocenters. The van der Waals surface area contributed by atoms with Crippen molar-refractivity contribution in [3.63, 3.8) is 0 Å². The number of nitrogens with two attached hydrogens (primary N) is 4. The standard InChI is InChI=1S/C23H33N7O8/c24-13(10-12-4-2-1-3-5-12)20(34)28-14(6-8-17(25)31)21(35)30-16(11-19(27)33)22(36)29-15(23(37)38)7-9-18(26)32/h1-5,13-16H,6-11,24H2,(H2,25,31)(H2,26,32)(H2,27,33)(H,28,34)(H,29,36)(H,30,35)(H,37,38). The average molecular weight is 536 g/mol. The van der Waals surface area contributed by atoms with Crippen LogP contribution in [0.1, 0.15) is 37.7 Å². The first-order chi connectivity index (χ1) is 17.8. The number of carboxylic acids is 1. The van der Waals surface area contributed by atoms with Crippen molar-refractivity contribution in [2.45, 2.75) is 62.7 Å². The summed E-state index contributed by atoms with van der Waals surface area (Å²) in [5, 5.41) is 16.0. The van der Waals surface area contributed by atoms with E-state index in [1.807, 2.05) is 0 Å². The molecule has 0 radical (unpaired) electrons. The summed E-state index contributed by atoms with van der Waals surface area (Å²) in [7, 11) is 0. The fourth-order valence-corrected chi connectivity index (χ4v) is 3.29. The summed E-state index contributed by atoms with van der Waals surface area (Å²) < 4.78 is 0. The molecule has 38 heavy (non-hydrogen) atoms. The van der Waals surface area contributed by atoms with Crippen LogP contribution in [0.15, 0.2) is 30.3 Å². The molecule has 0 aliphatic rings. The van der Waals surface area contributed by atoms with Crippen LogP contribution in [-0.4, -0.2) is 70.7 Å². The van der Waals surface area contributed by atoms with Gasteiger partial charge >= 0.3 is 5.97 Å². The normalized spacial score (nSPS) is 13.7. The van der Waals surface area contributed by atoms with E-state index in [1.54, 1.807) is 30.3 Å². The molecule has 15 heteroatoms. The van der Waals surface area contributed by atoms with Crippen LogP contribution in [0, 0.1) is 0 Å². The van der Waals surface area contributed by atoms with Crippen LogP contribution in [-0.2, 0) is 40.0 Å². The molecule has 0 spiro atoms. The lowest BCUT2D eigenvalue weighted by atomic mass is 10.0. The number of aliphatic carboxylic acids is 1. The Labute approximate surface area is 218 Å². The van der Waals surface area contributed by atoms with Gasteiger partial charge < -0.3 is 44.0 Å². The summed E-state index contributed by atoms with van der Waals surface area (Å²) in [5.74, 6) is -6.85. The second-order valence-electron chi connectivity index (χ2n) is 8.50. The topological polar surface area (TPSA) is 280 Å². The predicted octanol–water partition coefficient (Wildman–Crippen LogP) is -3.50. The highest BCUT2D eigenvalue weighted by Crippen LogP contribution is 2.06. The largest absolute Gasteiger partial charge is 0.480 e. The van der Waals surface area contributed by atoms with Gasteiger partial charge in [-0.05, 0) is 24.8 Å². The minimum Gasteiger partial charge on any atom is -0.480 e. The highest BCUT2D eigenvalue weighted by molar-refractivity contribution is 5.96. The molecule has 0 heterocycles. The molecule has 208 valence electrons. The van der Waals surface area contributed by atoms with Crippen molar-refractivity contribution in [3.05, 3.63) is 35.9 Å². The van der Waals surface area contributed by atoms with Gasteiger partial charge in [-0.1, -0.05) is 30.3 Å². The van der Waals surface area contributed by atoms with Gasteiger partial charge in [-0.15, -0.1) is 0 Å². The number of hydrogen-bond acceptors (Lipinski definition) is 8. The second-order valence-corrected chi connectivity index (χ2v) is 8.50. The SMILES string of the molecule is NC(=O)CCC(NC(=O)C(CC(N)=O)NC(=O)C(CCC(N)=O)NC(=O)C(N)Cc1ccccc1)C(=O)O. The molecule has 1 aromatic carbocycles. The molecule has 1 rings (SSSR count). The molecule has 0 saturated heterocycles. The lowest BCUT2D eigenvalue weighted by Gasteiger charge is -2.24. The molecule has 0 aliphatic heterocycles. The fraction of sp³-hybridized carbons (Fsp3) is 0.435. The quantitative estimate of drug-likeness (QED) is 0.0980. The maximum absolute atomic E-state index is 13.0. The minimum absolute atomic E-state index is 0.144. The summed E-state index contributed by atoms with van der Waals surface area (Å²) in [5.41, 5.74) is 22.1. The van der Waals surface area contributed by atoms with Crippen molar-refractivity contribution in [1.82, 2.24) is 16.0 Å². The van der Waals surface area contributed by atoms with E-state index in [-0.39, 0.29) is 32.1 Å². The molecule has 0 aromatic heterocycles. The van der Waals surface area contributed by atoms with E-state index >= 15 is 0 Å². The van der Waals surface area contributed by atoms with Crippen molar-refractivity contribution in [1.29, 1.82) is 0 Å². The van der Waals surface area contributed by atoms with Crippen molar-refractivity contribution >= 4 is 41.4 Å². The zero-order valence-corrected chi connectivity index (χ0v) is 20.6. The van der Waals surface area contributed by atoms with Crippen LogP contribution < -0.4 is 38.9 Å². The van der Waals surface area contributed by atoms with Gasteiger partial charge in [0.1, 0.15) is 18.1 Å². The summed E-state index contributed by atoms with van der Waals surface area (Å²) in [6.45, 7) is 0. The lowest BCUT2D eigenvalue weighted by Crippen LogP contribution is -2.58. The Morgan fingerprint density at radius 1 is 0.684 bits per heavy atom. The number of carbonyl (C=O) groups excluding carboxylic acids is 6. The molecule has 12 N–H and O–H groups in total. The Balaban J connectivity index is 3.00. The first-order valence-electron chi connectivity index (χ1n) is 11.6. The van der Waals surface area contributed by atoms with Crippen molar-refractivity contribution in [3.8, 4) is 0 Å². The summed E-state index contributed by atoms with van der Waals surface area (Å²) in [6, 6.07) is 3.18. The summed E-state index contributed by atoms with van der Waals surface area (Å²) >= 11 is 0. The third kappa shape index (κ3) is 11.9. The molecule has 0 aliphatic carbocycles. The lowest BCUT2D eigenvalue weighted by molar-refractivity contribution is -0.142. The van der Waals surface area contributed by atoms with E-state index in [0.29, 0.717) is 0 Å². The number of primary amides is 3. The maximum Gasteiger partial charge on any atom is 0.326 e. The van der Waals surface area contributed by atoms with E-state index in [9.17, 15) is 38.7 Å². The van der Waals surface area contributed by atoms with E-state index in [4.69, 9.17) is 22.9 Å². The molecular formula is C23H33N7O8. The van der Waals surface area contributed by atoms with Gasteiger partial charge in [-0.2, -0.15) is 0 Å². The smallest absolute Gasteiger partial charge is 0.326 e. The predicted molar refractivity (Wildman–Crippen MR) is 132 cm³/mol. The molecule has 6 amide bonds. The number of nitrogens with one attached hydrogen (secondary N) is 3. The van der Waals surface area contributed by atoms with Crippen LogP contribution in [0.2, 0.25) is 0 Å². The molecule has 1 aromatic rings. The summed E-state index contributed by atoms with van der Waals surface area (Å²) in [4.78, 5) is 83.6. The number of carbonyl (C=O) groups is 7. The van der Waals surface area contributed by atoms with Gasteiger partial charge in [-0.25, -0.2) is 4.79 Å².